The molecule has 0 fully saturated rings. The normalized spacial score (nSPS) is 13.9. The van der Waals surface area contributed by atoms with Crippen molar-refractivity contribution in [1.29, 1.82) is 0 Å². The summed E-state index contributed by atoms with van der Waals surface area (Å²) in [6.45, 7) is -1.42. The molecular formula is C8H20O8. The van der Waals surface area contributed by atoms with Crippen molar-refractivity contribution in [2.24, 2.45) is 0 Å². The fourth-order valence-corrected chi connectivity index (χ4v) is 0.359. The second-order valence-electron chi connectivity index (χ2n) is 2.69. The fourth-order valence-electron chi connectivity index (χ4n) is 0.359. The maximum absolute atomic E-state index is 8.71. The lowest BCUT2D eigenvalue weighted by atomic mass is 10.4. The SMILES string of the molecule is OCC(O)COOCC(O)CO.OCCO. The summed E-state index contributed by atoms with van der Waals surface area (Å²) in [6, 6.07) is 0. The van der Waals surface area contributed by atoms with E-state index in [4.69, 9.17) is 30.6 Å². The predicted molar refractivity (Wildman–Crippen MR) is 52.3 cm³/mol. The molecule has 8 nitrogen and oxygen atoms in total. The van der Waals surface area contributed by atoms with Crippen LogP contribution in [0.25, 0.3) is 0 Å². The molecule has 8 heteroatoms. The first-order valence-corrected chi connectivity index (χ1v) is 4.66. The highest BCUT2D eigenvalue weighted by Crippen LogP contribution is 1.88. The Morgan fingerprint density at radius 3 is 1.19 bits per heavy atom. The van der Waals surface area contributed by atoms with Gasteiger partial charge in [0.1, 0.15) is 25.4 Å². The number of aliphatic hydroxyl groups is 6. The van der Waals surface area contributed by atoms with Crippen molar-refractivity contribution in [2.75, 3.05) is 39.6 Å². The summed E-state index contributed by atoms with van der Waals surface area (Å²) in [5, 5.41) is 49.3. The van der Waals surface area contributed by atoms with Gasteiger partial charge >= 0.3 is 0 Å². The minimum Gasteiger partial charge on any atom is -0.394 e. The summed E-state index contributed by atoms with van der Waals surface area (Å²) in [7, 11) is 0. The van der Waals surface area contributed by atoms with Gasteiger partial charge in [0.15, 0.2) is 0 Å². The molecule has 0 saturated heterocycles. The minimum atomic E-state index is -0.990. The van der Waals surface area contributed by atoms with Crippen LogP contribution >= 0.6 is 0 Å². The lowest BCUT2D eigenvalue weighted by molar-refractivity contribution is -0.316. The third-order valence-electron chi connectivity index (χ3n) is 1.13. The molecule has 0 saturated carbocycles. The molecule has 0 amide bonds. The smallest absolute Gasteiger partial charge is 0.110 e. The van der Waals surface area contributed by atoms with Gasteiger partial charge in [0.25, 0.3) is 0 Å². The van der Waals surface area contributed by atoms with Crippen LogP contribution in [0.15, 0.2) is 0 Å². The van der Waals surface area contributed by atoms with Crippen LogP contribution in [0, 0.1) is 0 Å². The zero-order valence-corrected chi connectivity index (χ0v) is 8.90. The third-order valence-corrected chi connectivity index (χ3v) is 1.13. The molecule has 0 rings (SSSR count). The van der Waals surface area contributed by atoms with E-state index in [1.165, 1.54) is 0 Å². The maximum Gasteiger partial charge on any atom is 0.110 e. The van der Waals surface area contributed by atoms with Gasteiger partial charge in [-0.25, -0.2) is 9.78 Å². The molecule has 2 atom stereocenters. The average Bonchev–Trinajstić information content (AvgIpc) is 2.34. The van der Waals surface area contributed by atoms with Crippen molar-refractivity contribution in [2.45, 2.75) is 12.2 Å². The molecular weight excluding hydrogens is 224 g/mol. The van der Waals surface area contributed by atoms with Crippen molar-refractivity contribution in [1.82, 2.24) is 0 Å². The Hall–Kier alpha value is -0.320. The Kier molecular flexibility index (Phi) is 16.6. The van der Waals surface area contributed by atoms with Gasteiger partial charge in [-0.05, 0) is 0 Å². The van der Waals surface area contributed by atoms with Crippen molar-refractivity contribution >= 4 is 0 Å². The molecule has 0 aromatic carbocycles. The number of hydrogen-bond acceptors (Lipinski definition) is 8. The second-order valence-corrected chi connectivity index (χ2v) is 2.69. The van der Waals surface area contributed by atoms with Gasteiger partial charge in [0, 0.05) is 0 Å². The van der Waals surface area contributed by atoms with E-state index >= 15 is 0 Å². The Labute approximate surface area is 93.2 Å². The Morgan fingerprint density at radius 2 is 1.00 bits per heavy atom. The van der Waals surface area contributed by atoms with Crippen LogP contribution in [0.3, 0.4) is 0 Å². The second kappa shape index (κ2) is 14.7. The van der Waals surface area contributed by atoms with Crippen LogP contribution in [0.1, 0.15) is 0 Å². The fraction of sp³-hybridized carbons (Fsp3) is 1.00. The first kappa shape index (κ1) is 18.1. The molecule has 0 heterocycles. The molecule has 6 N–H and O–H groups in total. The van der Waals surface area contributed by atoms with Crippen molar-refractivity contribution in [3.63, 3.8) is 0 Å². The Morgan fingerprint density at radius 1 is 0.688 bits per heavy atom. The molecule has 0 aliphatic carbocycles. The average molecular weight is 244 g/mol. The highest BCUT2D eigenvalue weighted by molar-refractivity contribution is 4.48. The third kappa shape index (κ3) is 16.1. The molecule has 2 unspecified atom stereocenters. The monoisotopic (exact) mass is 244 g/mol. The van der Waals surface area contributed by atoms with Crippen LogP contribution in [0.4, 0.5) is 0 Å². The summed E-state index contributed by atoms with van der Waals surface area (Å²) in [5.74, 6) is 0. The van der Waals surface area contributed by atoms with Gasteiger partial charge in [-0.15, -0.1) is 0 Å². The van der Waals surface area contributed by atoms with E-state index in [0.717, 1.165) is 0 Å². The first-order valence-electron chi connectivity index (χ1n) is 4.66. The van der Waals surface area contributed by atoms with Crippen LogP contribution in [0.5, 0.6) is 0 Å². The molecule has 0 spiro atoms. The molecule has 0 aromatic rings. The molecule has 100 valence electrons. The van der Waals surface area contributed by atoms with E-state index < -0.39 is 25.4 Å². The Bertz CT molecular complexity index is 109. The first-order chi connectivity index (χ1) is 7.62. The van der Waals surface area contributed by atoms with Crippen molar-refractivity contribution < 1.29 is 40.4 Å². The largest absolute Gasteiger partial charge is 0.394 e. The van der Waals surface area contributed by atoms with Crippen LogP contribution in [-0.2, 0) is 9.78 Å². The van der Waals surface area contributed by atoms with Crippen LogP contribution < -0.4 is 0 Å². The highest BCUT2D eigenvalue weighted by Gasteiger charge is 2.04. The van der Waals surface area contributed by atoms with E-state index in [2.05, 4.69) is 9.78 Å². The molecule has 0 bridgehead atoms. The van der Waals surface area contributed by atoms with Crippen molar-refractivity contribution in [3.05, 3.63) is 0 Å². The molecule has 0 radical (unpaired) electrons. The maximum atomic E-state index is 8.71. The minimum absolute atomic E-state index is 0.125. The van der Waals surface area contributed by atoms with E-state index in [1.807, 2.05) is 0 Å². The number of rotatable bonds is 8. The summed E-state index contributed by atoms with van der Waals surface area (Å²) in [6.07, 6.45) is -1.98. The van der Waals surface area contributed by atoms with Gasteiger partial charge in [0.05, 0.1) is 26.4 Å². The Balaban J connectivity index is 0. The molecule has 0 aliphatic rings. The van der Waals surface area contributed by atoms with Gasteiger partial charge in [-0.1, -0.05) is 0 Å². The summed E-state index contributed by atoms with van der Waals surface area (Å²) < 4.78 is 0. The zero-order valence-electron chi connectivity index (χ0n) is 8.90. The molecule has 0 aromatic heterocycles. The zero-order chi connectivity index (χ0) is 12.8. The van der Waals surface area contributed by atoms with E-state index in [1.54, 1.807) is 0 Å². The van der Waals surface area contributed by atoms with E-state index in [0.29, 0.717) is 0 Å². The topological polar surface area (TPSA) is 140 Å². The number of aliphatic hydroxyl groups excluding tert-OH is 6. The lowest BCUT2D eigenvalue weighted by Crippen LogP contribution is -2.23. The van der Waals surface area contributed by atoms with Crippen molar-refractivity contribution in [3.8, 4) is 0 Å². The standard InChI is InChI=1S/C6H14O6.C2H6O2/c7-1-5(9)3-11-12-4-6(10)2-8;3-1-2-4/h5-10H,1-4H2;3-4H,1-2H2. The van der Waals surface area contributed by atoms with Gasteiger partial charge in [-0.3, -0.25) is 0 Å². The van der Waals surface area contributed by atoms with Crippen LogP contribution in [-0.4, -0.2) is 82.5 Å². The summed E-state index contributed by atoms with van der Waals surface area (Å²) in [5.41, 5.74) is 0. The van der Waals surface area contributed by atoms with E-state index in [9.17, 15) is 0 Å². The predicted octanol–water partition coefficient (Wildman–Crippen LogP) is -3.39. The van der Waals surface area contributed by atoms with E-state index in [-0.39, 0.29) is 26.4 Å². The summed E-state index contributed by atoms with van der Waals surface area (Å²) >= 11 is 0. The quantitative estimate of drug-likeness (QED) is 0.148. The van der Waals surface area contributed by atoms with Gasteiger partial charge < -0.3 is 30.6 Å². The van der Waals surface area contributed by atoms with Gasteiger partial charge in [-0.2, -0.15) is 0 Å². The lowest BCUT2D eigenvalue weighted by Gasteiger charge is -2.09. The highest BCUT2D eigenvalue weighted by atomic mass is 17.2. The van der Waals surface area contributed by atoms with Crippen LogP contribution in [0.2, 0.25) is 0 Å². The number of hydrogen-bond donors (Lipinski definition) is 6. The summed E-state index contributed by atoms with van der Waals surface area (Å²) in [4.78, 5) is 8.76. The molecule has 16 heavy (non-hydrogen) atoms. The molecule has 0 aliphatic heterocycles. The van der Waals surface area contributed by atoms with Gasteiger partial charge in [0.2, 0.25) is 0 Å².